The molecule has 1 aliphatic rings. The summed E-state index contributed by atoms with van der Waals surface area (Å²) in [5, 5.41) is 0. The van der Waals surface area contributed by atoms with Crippen LogP contribution in [0.4, 0.5) is 0 Å². The molecule has 2 nitrogen and oxygen atoms in total. The molecule has 4 heteroatoms. The molecule has 0 unspecified atom stereocenters. The van der Waals surface area contributed by atoms with Gasteiger partial charge in [-0.25, -0.2) is 0 Å². The van der Waals surface area contributed by atoms with Gasteiger partial charge in [0.25, 0.3) is 0 Å². The predicted molar refractivity (Wildman–Crippen MR) is 53.7 cm³/mol. The van der Waals surface area contributed by atoms with E-state index in [0.717, 1.165) is 12.5 Å². The minimum absolute atomic E-state index is 0. The number of rotatable bonds is 1. The molecule has 1 heterocycles. The molecule has 0 amide bonds. The van der Waals surface area contributed by atoms with Crippen LogP contribution in [0.25, 0.3) is 0 Å². The van der Waals surface area contributed by atoms with Crippen LogP contribution in [0.15, 0.2) is 0 Å². The molecular formula is C7H18Cl2N2. The fourth-order valence-electron chi connectivity index (χ4n) is 1.49. The number of hydrogen-bond acceptors (Lipinski definition) is 2. The second kappa shape index (κ2) is 6.06. The minimum Gasteiger partial charge on any atom is -0.330 e. The largest absolute Gasteiger partial charge is 0.330 e. The summed E-state index contributed by atoms with van der Waals surface area (Å²) in [7, 11) is 2.17. The number of halogens is 2. The molecule has 70 valence electrons. The molecule has 1 saturated heterocycles. The van der Waals surface area contributed by atoms with Gasteiger partial charge < -0.3 is 10.6 Å². The van der Waals surface area contributed by atoms with E-state index in [4.69, 9.17) is 5.73 Å². The highest BCUT2D eigenvalue weighted by atomic mass is 35.5. The first-order valence-corrected chi connectivity index (χ1v) is 3.66. The maximum absolute atomic E-state index is 5.56. The molecule has 0 spiro atoms. The Morgan fingerprint density at radius 1 is 1.45 bits per heavy atom. The van der Waals surface area contributed by atoms with Crippen molar-refractivity contribution in [1.82, 2.24) is 4.90 Å². The summed E-state index contributed by atoms with van der Waals surface area (Å²) in [5.41, 5.74) is 5.56. The maximum Gasteiger partial charge on any atom is 0.0105 e. The standard InChI is InChI=1S/C7H16N2.2ClH/c1-6-7(5-8)3-4-9(6)2;;/h6-7H,3-5,8H2,1-2H3;2*1H/t6-,7+;;/m1../s1. The Kier molecular flexibility index (Phi) is 7.75. The SMILES string of the molecule is C[C@@H]1[C@H](CN)CCN1C.Cl.Cl. The van der Waals surface area contributed by atoms with Crippen molar-refractivity contribution in [1.29, 1.82) is 0 Å². The average Bonchev–Trinajstić information content (AvgIpc) is 2.15. The third kappa shape index (κ3) is 3.16. The molecule has 0 radical (unpaired) electrons. The zero-order chi connectivity index (χ0) is 6.85. The Morgan fingerprint density at radius 3 is 2.18 bits per heavy atom. The van der Waals surface area contributed by atoms with Crippen LogP contribution in [0.2, 0.25) is 0 Å². The summed E-state index contributed by atoms with van der Waals surface area (Å²) < 4.78 is 0. The van der Waals surface area contributed by atoms with Gasteiger partial charge in [0.1, 0.15) is 0 Å². The molecular weight excluding hydrogens is 183 g/mol. The summed E-state index contributed by atoms with van der Waals surface area (Å²) in [6.45, 7) is 4.33. The summed E-state index contributed by atoms with van der Waals surface area (Å²) in [4.78, 5) is 2.37. The van der Waals surface area contributed by atoms with Gasteiger partial charge in [-0.3, -0.25) is 0 Å². The Bertz CT molecular complexity index is 100. The lowest BCUT2D eigenvalue weighted by Crippen LogP contribution is -2.29. The van der Waals surface area contributed by atoms with Crippen molar-refractivity contribution < 1.29 is 0 Å². The van der Waals surface area contributed by atoms with Crippen LogP contribution in [-0.4, -0.2) is 31.1 Å². The summed E-state index contributed by atoms with van der Waals surface area (Å²) in [5.74, 6) is 0.745. The molecule has 0 aromatic rings. The van der Waals surface area contributed by atoms with E-state index in [1.807, 2.05) is 0 Å². The number of nitrogens with zero attached hydrogens (tertiary/aromatic N) is 1. The van der Waals surface area contributed by atoms with Crippen LogP contribution in [0.1, 0.15) is 13.3 Å². The first-order valence-electron chi connectivity index (χ1n) is 3.66. The third-order valence-corrected chi connectivity index (χ3v) is 2.53. The molecule has 1 fully saturated rings. The molecule has 1 rings (SSSR count). The first-order chi connectivity index (χ1) is 4.25. The topological polar surface area (TPSA) is 29.3 Å². The molecule has 2 N–H and O–H groups in total. The van der Waals surface area contributed by atoms with Crippen LogP contribution in [0, 0.1) is 5.92 Å². The number of nitrogens with two attached hydrogens (primary N) is 1. The van der Waals surface area contributed by atoms with Gasteiger partial charge in [0.2, 0.25) is 0 Å². The van der Waals surface area contributed by atoms with E-state index in [9.17, 15) is 0 Å². The third-order valence-electron chi connectivity index (χ3n) is 2.53. The van der Waals surface area contributed by atoms with Crippen LogP contribution in [0.5, 0.6) is 0 Å². The van der Waals surface area contributed by atoms with Crippen LogP contribution in [0.3, 0.4) is 0 Å². The predicted octanol–water partition coefficient (Wildman–Crippen LogP) is 1.13. The van der Waals surface area contributed by atoms with Crippen molar-refractivity contribution in [2.24, 2.45) is 11.7 Å². The lowest BCUT2D eigenvalue weighted by atomic mass is 10.0. The highest BCUT2D eigenvalue weighted by Gasteiger charge is 2.25. The Balaban J connectivity index is 0. The zero-order valence-electron chi connectivity index (χ0n) is 7.12. The molecule has 0 saturated carbocycles. The van der Waals surface area contributed by atoms with Gasteiger partial charge in [-0.05, 0) is 39.4 Å². The normalized spacial score (nSPS) is 30.8. The Labute approximate surface area is 81.3 Å². The van der Waals surface area contributed by atoms with Crippen molar-refractivity contribution in [3.8, 4) is 0 Å². The van der Waals surface area contributed by atoms with Gasteiger partial charge in [0.05, 0.1) is 0 Å². The Hall–Kier alpha value is 0.500. The molecule has 0 aromatic carbocycles. The molecule has 0 bridgehead atoms. The van der Waals surface area contributed by atoms with Crippen LogP contribution in [-0.2, 0) is 0 Å². The number of likely N-dealkylation sites (tertiary alicyclic amines) is 1. The van der Waals surface area contributed by atoms with E-state index >= 15 is 0 Å². The molecule has 2 atom stereocenters. The fraction of sp³-hybridized carbons (Fsp3) is 1.00. The molecule has 1 aliphatic heterocycles. The van der Waals surface area contributed by atoms with Crippen molar-refractivity contribution in [3.63, 3.8) is 0 Å². The maximum atomic E-state index is 5.56. The molecule has 11 heavy (non-hydrogen) atoms. The van der Waals surface area contributed by atoms with Gasteiger partial charge in [-0.15, -0.1) is 24.8 Å². The van der Waals surface area contributed by atoms with E-state index in [0.29, 0.717) is 6.04 Å². The van der Waals surface area contributed by atoms with Crippen molar-refractivity contribution >= 4 is 24.8 Å². The molecule has 0 aliphatic carbocycles. The Morgan fingerprint density at radius 2 is 2.00 bits per heavy atom. The fourth-order valence-corrected chi connectivity index (χ4v) is 1.49. The van der Waals surface area contributed by atoms with E-state index < -0.39 is 0 Å². The minimum atomic E-state index is 0. The molecule has 0 aromatic heterocycles. The van der Waals surface area contributed by atoms with Gasteiger partial charge in [-0.1, -0.05) is 0 Å². The van der Waals surface area contributed by atoms with Gasteiger partial charge >= 0.3 is 0 Å². The highest BCUT2D eigenvalue weighted by molar-refractivity contribution is 5.85. The summed E-state index contributed by atoms with van der Waals surface area (Å²) in [6.07, 6.45) is 1.29. The smallest absolute Gasteiger partial charge is 0.0105 e. The highest BCUT2D eigenvalue weighted by Crippen LogP contribution is 2.20. The second-order valence-electron chi connectivity index (χ2n) is 3.01. The van der Waals surface area contributed by atoms with E-state index in [1.54, 1.807) is 0 Å². The van der Waals surface area contributed by atoms with Crippen LogP contribution < -0.4 is 5.73 Å². The lowest BCUT2D eigenvalue weighted by molar-refractivity contribution is 0.295. The van der Waals surface area contributed by atoms with Crippen LogP contribution >= 0.6 is 24.8 Å². The second-order valence-corrected chi connectivity index (χ2v) is 3.01. The van der Waals surface area contributed by atoms with Crippen molar-refractivity contribution in [2.45, 2.75) is 19.4 Å². The summed E-state index contributed by atoms with van der Waals surface area (Å²) in [6, 6.07) is 0.704. The van der Waals surface area contributed by atoms with Crippen molar-refractivity contribution in [3.05, 3.63) is 0 Å². The van der Waals surface area contributed by atoms with Crippen molar-refractivity contribution in [2.75, 3.05) is 20.1 Å². The monoisotopic (exact) mass is 200 g/mol. The number of hydrogen-bond donors (Lipinski definition) is 1. The van der Waals surface area contributed by atoms with E-state index in [-0.39, 0.29) is 24.8 Å². The van der Waals surface area contributed by atoms with E-state index in [2.05, 4.69) is 18.9 Å². The van der Waals surface area contributed by atoms with Gasteiger partial charge in [0, 0.05) is 6.04 Å². The van der Waals surface area contributed by atoms with E-state index in [1.165, 1.54) is 13.0 Å². The van der Waals surface area contributed by atoms with Gasteiger partial charge in [0.15, 0.2) is 0 Å². The quantitative estimate of drug-likeness (QED) is 0.689. The van der Waals surface area contributed by atoms with Gasteiger partial charge in [-0.2, -0.15) is 0 Å². The lowest BCUT2D eigenvalue weighted by Gasteiger charge is -2.18. The summed E-state index contributed by atoms with van der Waals surface area (Å²) >= 11 is 0. The average molecular weight is 201 g/mol. The first kappa shape index (κ1) is 14.0. The zero-order valence-corrected chi connectivity index (χ0v) is 8.75.